The average molecular weight is 255 g/mol. The monoisotopic (exact) mass is 255 g/mol. The molecule has 1 unspecified atom stereocenters. The average Bonchev–Trinajstić information content (AvgIpc) is 3.20. The van der Waals surface area contributed by atoms with Crippen molar-refractivity contribution in [1.82, 2.24) is 5.32 Å². The van der Waals surface area contributed by atoms with Crippen molar-refractivity contribution in [3.05, 3.63) is 0 Å². The number of amides is 1. The highest BCUT2D eigenvalue weighted by molar-refractivity contribution is 5.82. The number of unbranched alkanes of at least 4 members (excludes halogenated alkanes) is 9. The van der Waals surface area contributed by atoms with Gasteiger partial charge in [-0.1, -0.05) is 64.7 Å². The van der Waals surface area contributed by atoms with Gasteiger partial charge in [-0.2, -0.15) is 0 Å². The quantitative estimate of drug-likeness (QED) is 0.429. The molecule has 0 saturated carbocycles. The number of nitrogens with one attached hydrogen (secondary N) is 1. The van der Waals surface area contributed by atoms with Gasteiger partial charge in [0.05, 0.1) is 6.61 Å². The molecule has 0 aliphatic carbocycles. The standard InChI is InChI=1S/C15H29NO2/c1-2-3-4-5-6-7-8-9-10-11-12-16-15(17)14-13-18-14/h14H,2-13H2,1H3,(H,16,17). The molecule has 3 heteroatoms. The van der Waals surface area contributed by atoms with Crippen LogP contribution in [-0.2, 0) is 9.53 Å². The third-order valence-corrected chi connectivity index (χ3v) is 3.46. The molecule has 0 bridgehead atoms. The fourth-order valence-corrected chi connectivity index (χ4v) is 2.14. The van der Waals surface area contributed by atoms with E-state index in [1.54, 1.807) is 0 Å². The molecule has 0 aromatic carbocycles. The van der Waals surface area contributed by atoms with Crippen molar-refractivity contribution in [3.63, 3.8) is 0 Å². The highest BCUT2D eigenvalue weighted by Gasteiger charge is 2.30. The van der Waals surface area contributed by atoms with E-state index in [4.69, 9.17) is 4.74 Å². The van der Waals surface area contributed by atoms with Crippen LogP contribution in [0.5, 0.6) is 0 Å². The van der Waals surface area contributed by atoms with Gasteiger partial charge in [-0.3, -0.25) is 4.79 Å². The predicted octanol–water partition coefficient (Wildman–Crippen LogP) is 3.42. The highest BCUT2D eigenvalue weighted by atomic mass is 16.6. The van der Waals surface area contributed by atoms with E-state index in [0.29, 0.717) is 6.61 Å². The number of hydrogen-bond acceptors (Lipinski definition) is 2. The van der Waals surface area contributed by atoms with Crippen LogP contribution in [0.25, 0.3) is 0 Å². The third kappa shape index (κ3) is 8.51. The van der Waals surface area contributed by atoms with Gasteiger partial charge in [-0.25, -0.2) is 0 Å². The minimum atomic E-state index is -0.131. The van der Waals surface area contributed by atoms with Crippen molar-refractivity contribution in [2.24, 2.45) is 0 Å². The molecule has 1 atom stereocenters. The number of epoxide rings is 1. The van der Waals surface area contributed by atoms with Crippen molar-refractivity contribution < 1.29 is 9.53 Å². The van der Waals surface area contributed by atoms with Crippen LogP contribution in [-0.4, -0.2) is 25.2 Å². The normalized spacial score (nSPS) is 17.7. The molecule has 1 heterocycles. The maximum absolute atomic E-state index is 11.2. The Kier molecular flexibility index (Phi) is 8.92. The van der Waals surface area contributed by atoms with Crippen molar-refractivity contribution >= 4 is 5.91 Å². The van der Waals surface area contributed by atoms with Crippen molar-refractivity contribution in [3.8, 4) is 0 Å². The molecule has 1 rings (SSSR count). The minimum Gasteiger partial charge on any atom is -0.363 e. The lowest BCUT2D eigenvalue weighted by molar-refractivity contribution is -0.122. The molecule has 1 aliphatic heterocycles. The van der Waals surface area contributed by atoms with E-state index in [9.17, 15) is 4.79 Å². The Hall–Kier alpha value is -0.570. The lowest BCUT2D eigenvalue weighted by Gasteiger charge is -2.03. The zero-order chi connectivity index (χ0) is 13.1. The smallest absolute Gasteiger partial charge is 0.251 e. The summed E-state index contributed by atoms with van der Waals surface area (Å²) >= 11 is 0. The van der Waals surface area contributed by atoms with Crippen LogP contribution in [0.4, 0.5) is 0 Å². The molecule has 0 spiro atoms. The molecule has 106 valence electrons. The molecule has 1 fully saturated rings. The fraction of sp³-hybridized carbons (Fsp3) is 0.933. The molecule has 3 nitrogen and oxygen atoms in total. The Labute approximate surface area is 112 Å². The molecule has 0 aromatic rings. The van der Waals surface area contributed by atoms with Gasteiger partial charge < -0.3 is 10.1 Å². The van der Waals surface area contributed by atoms with Gasteiger partial charge in [0, 0.05) is 6.54 Å². The summed E-state index contributed by atoms with van der Waals surface area (Å²) in [5, 5.41) is 2.91. The van der Waals surface area contributed by atoms with E-state index in [0.717, 1.165) is 13.0 Å². The van der Waals surface area contributed by atoms with Crippen LogP contribution in [0.1, 0.15) is 71.1 Å². The summed E-state index contributed by atoms with van der Waals surface area (Å²) in [5.74, 6) is 0.0749. The van der Waals surface area contributed by atoms with Gasteiger partial charge in [0.1, 0.15) is 0 Å². The van der Waals surface area contributed by atoms with Gasteiger partial charge in [-0.05, 0) is 6.42 Å². The first kappa shape index (κ1) is 15.5. The molecule has 1 saturated heterocycles. The van der Waals surface area contributed by atoms with Gasteiger partial charge in [0.2, 0.25) is 0 Å². The van der Waals surface area contributed by atoms with Gasteiger partial charge in [0.25, 0.3) is 5.91 Å². The van der Waals surface area contributed by atoms with E-state index < -0.39 is 0 Å². The summed E-state index contributed by atoms with van der Waals surface area (Å²) < 4.78 is 4.91. The molecule has 0 aromatic heterocycles. The molecule has 0 radical (unpaired) electrons. The number of hydrogen-bond donors (Lipinski definition) is 1. The summed E-state index contributed by atoms with van der Waals surface area (Å²) in [4.78, 5) is 11.2. The molecule has 1 amide bonds. The third-order valence-electron chi connectivity index (χ3n) is 3.46. The lowest BCUT2D eigenvalue weighted by atomic mass is 10.1. The Morgan fingerprint density at radius 3 is 2.00 bits per heavy atom. The predicted molar refractivity (Wildman–Crippen MR) is 74.6 cm³/mol. The van der Waals surface area contributed by atoms with Crippen LogP contribution >= 0.6 is 0 Å². The van der Waals surface area contributed by atoms with Crippen LogP contribution < -0.4 is 5.32 Å². The van der Waals surface area contributed by atoms with E-state index >= 15 is 0 Å². The second kappa shape index (κ2) is 10.4. The largest absolute Gasteiger partial charge is 0.363 e. The van der Waals surface area contributed by atoms with E-state index in [-0.39, 0.29) is 12.0 Å². The van der Waals surface area contributed by atoms with Gasteiger partial charge >= 0.3 is 0 Å². The second-order valence-electron chi connectivity index (χ2n) is 5.29. The Balaban J connectivity index is 1.69. The first-order valence-electron chi connectivity index (χ1n) is 7.74. The molecule has 1 aliphatic rings. The molecular weight excluding hydrogens is 226 g/mol. The van der Waals surface area contributed by atoms with Crippen LogP contribution in [0.2, 0.25) is 0 Å². The van der Waals surface area contributed by atoms with Crippen molar-refractivity contribution in [2.45, 2.75) is 77.2 Å². The SMILES string of the molecule is CCCCCCCCCCCCNC(=O)C1CO1. The zero-order valence-electron chi connectivity index (χ0n) is 11.9. The van der Waals surface area contributed by atoms with Gasteiger partial charge in [0.15, 0.2) is 6.10 Å². The first-order valence-corrected chi connectivity index (χ1v) is 7.74. The summed E-state index contributed by atoms with van der Waals surface area (Å²) in [6.07, 6.45) is 13.2. The zero-order valence-corrected chi connectivity index (χ0v) is 11.9. The van der Waals surface area contributed by atoms with Gasteiger partial charge in [-0.15, -0.1) is 0 Å². The Morgan fingerprint density at radius 1 is 1.00 bits per heavy atom. The minimum absolute atomic E-state index is 0.0749. The Bertz CT molecular complexity index is 215. The van der Waals surface area contributed by atoms with Crippen LogP contribution in [0.3, 0.4) is 0 Å². The number of carbonyl (C=O) groups excluding carboxylic acids is 1. The fourth-order valence-electron chi connectivity index (χ4n) is 2.14. The maximum Gasteiger partial charge on any atom is 0.251 e. The molecular formula is C15H29NO2. The first-order chi connectivity index (χ1) is 8.84. The summed E-state index contributed by atoms with van der Waals surface area (Å²) in [6, 6.07) is 0. The van der Waals surface area contributed by atoms with E-state index in [2.05, 4.69) is 12.2 Å². The molecule has 18 heavy (non-hydrogen) atoms. The topological polar surface area (TPSA) is 41.6 Å². The summed E-state index contributed by atoms with van der Waals surface area (Å²) in [7, 11) is 0. The number of carbonyl (C=O) groups is 1. The van der Waals surface area contributed by atoms with E-state index in [1.807, 2.05) is 0 Å². The van der Waals surface area contributed by atoms with E-state index in [1.165, 1.54) is 57.8 Å². The maximum atomic E-state index is 11.2. The number of rotatable bonds is 12. The van der Waals surface area contributed by atoms with Crippen LogP contribution in [0, 0.1) is 0 Å². The summed E-state index contributed by atoms with van der Waals surface area (Å²) in [5.41, 5.74) is 0. The second-order valence-corrected chi connectivity index (χ2v) is 5.29. The summed E-state index contributed by atoms with van der Waals surface area (Å²) in [6.45, 7) is 3.69. The lowest BCUT2D eigenvalue weighted by Crippen LogP contribution is -2.28. The van der Waals surface area contributed by atoms with Crippen molar-refractivity contribution in [2.75, 3.05) is 13.2 Å². The number of ether oxygens (including phenoxy) is 1. The highest BCUT2D eigenvalue weighted by Crippen LogP contribution is 2.10. The Morgan fingerprint density at radius 2 is 1.50 bits per heavy atom. The van der Waals surface area contributed by atoms with Crippen LogP contribution in [0.15, 0.2) is 0 Å². The van der Waals surface area contributed by atoms with Crippen molar-refractivity contribution in [1.29, 1.82) is 0 Å². The molecule has 1 N–H and O–H groups in total.